The van der Waals surface area contributed by atoms with Gasteiger partial charge in [0.2, 0.25) is 11.1 Å². The first-order chi connectivity index (χ1) is 11.5. The molecule has 2 aromatic rings. The van der Waals surface area contributed by atoms with Crippen molar-refractivity contribution in [3.63, 3.8) is 0 Å². The van der Waals surface area contributed by atoms with Crippen LogP contribution in [0.25, 0.3) is 0 Å². The predicted molar refractivity (Wildman–Crippen MR) is 89.8 cm³/mol. The number of benzene rings is 1. The maximum Gasteiger partial charge on any atom is 0.321 e. The molecule has 0 aliphatic carbocycles. The van der Waals surface area contributed by atoms with Crippen molar-refractivity contribution in [1.29, 1.82) is 0 Å². The lowest BCUT2D eigenvalue weighted by Gasteiger charge is -2.08. The van der Waals surface area contributed by atoms with Crippen molar-refractivity contribution in [2.45, 2.75) is 30.9 Å². The van der Waals surface area contributed by atoms with Crippen LogP contribution in [0.5, 0.6) is 5.75 Å². The van der Waals surface area contributed by atoms with Gasteiger partial charge in [-0.1, -0.05) is 30.0 Å². The lowest BCUT2D eigenvalue weighted by atomic mass is 10.2. The number of nitrogens with zero attached hydrogens (tertiary/aromatic N) is 2. The largest absolute Gasteiger partial charge is 0.485 e. The van der Waals surface area contributed by atoms with Crippen molar-refractivity contribution in [1.82, 2.24) is 25.8 Å². The van der Waals surface area contributed by atoms with Crippen molar-refractivity contribution in [2.75, 3.05) is 7.05 Å². The molecule has 1 aromatic carbocycles. The smallest absolute Gasteiger partial charge is 0.321 e. The van der Waals surface area contributed by atoms with E-state index in [9.17, 15) is 9.59 Å². The molecule has 0 aliphatic heterocycles. The van der Waals surface area contributed by atoms with Crippen molar-refractivity contribution in [3.8, 4) is 5.75 Å². The van der Waals surface area contributed by atoms with Gasteiger partial charge in [-0.2, -0.15) is 0 Å². The van der Waals surface area contributed by atoms with Crippen molar-refractivity contribution < 1.29 is 14.3 Å². The Labute approximate surface area is 143 Å². The minimum Gasteiger partial charge on any atom is -0.485 e. The summed E-state index contributed by atoms with van der Waals surface area (Å²) in [5.41, 5.74) is 1.03. The number of hydrogen-bond donors (Lipinski definition) is 3. The van der Waals surface area contributed by atoms with Gasteiger partial charge in [-0.05, 0) is 25.5 Å². The van der Waals surface area contributed by atoms with Gasteiger partial charge in [0, 0.05) is 7.05 Å². The van der Waals surface area contributed by atoms with E-state index in [0.717, 1.165) is 23.1 Å². The summed E-state index contributed by atoms with van der Waals surface area (Å²) in [4.78, 5) is 27.2. The molecule has 0 spiro atoms. The molecule has 0 saturated carbocycles. The molecule has 1 heterocycles. The fourth-order valence-electron chi connectivity index (χ4n) is 1.75. The highest BCUT2D eigenvalue weighted by molar-refractivity contribution is 8.00. The predicted octanol–water partition coefficient (Wildman–Crippen LogP) is 1.63. The normalized spacial score (nSPS) is 11.6. The Morgan fingerprint density at radius 1 is 1.38 bits per heavy atom. The standard InChI is InChI=1S/C15H19N5O3S/c1-9-6-4-5-7-11(9)23-8-12-17-15(20-19-12)24-10(2)13(21)18-14(22)16-3/h4-7,10H,8H2,1-3H3,(H,17,19,20)(H2,16,18,21,22)/t10-/m1/s1. The fraction of sp³-hybridized carbons (Fsp3) is 0.333. The van der Waals surface area contributed by atoms with Gasteiger partial charge in [-0.3, -0.25) is 15.2 Å². The number of thioether (sulfide) groups is 1. The molecule has 0 aliphatic rings. The number of rotatable bonds is 6. The number of nitrogens with one attached hydrogen (secondary N) is 3. The fourth-order valence-corrected chi connectivity index (χ4v) is 2.49. The highest BCUT2D eigenvalue weighted by atomic mass is 32.2. The van der Waals surface area contributed by atoms with E-state index in [1.54, 1.807) is 6.92 Å². The van der Waals surface area contributed by atoms with Gasteiger partial charge in [-0.15, -0.1) is 5.10 Å². The number of H-pyrrole nitrogens is 1. The number of imide groups is 1. The minimum absolute atomic E-state index is 0.247. The summed E-state index contributed by atoms with van der Waals surface area (Å²) < 4.78 is 5.68. The summed E-state index contributed by atoms with van der Waals surface area (Å²) in [6, 6.07) is 7.14. The lowest BCUT2D eigenvalue weighted by Crippen LogP contribution is -2.41. The zero-order valence-electron chi connectivity index (χ0n) is 13.6. The number of carbonyl (C=O) groups is 2. The summed E-state index contributed by atoms with van der Waals surface area (Å²) in [6.45, 7) is 3.88. The zero-order chi connectivity index (χ0) is 17.5. The highest BCUT2D eigenvalue weighted by Gasteiger charge is 2.18. The molecule has 0 saturated heterocycles. The van der Waals surface area contributed by atoms with Crippen molar-refractivity contribution >= 4 is 23.7 Å². The third-order valence-electron chi connectivity index (χ3n) is 3.08. The topological polar surface area (TPSA) is 109 Å². The molecule has 24 heavy (non-hydrogen) atoms. The Kier molecular flexibility index (Phi) is 6.19. The van der Waals surface area contributed by atoms with Gasteiger partial charge in [0.05, 0.1) is 5.25 Å². The van der Waals surface area contributed by atoms with Crippen molar-refractivity contribution in [2.24, 2.45) is 0 Å². The van der Waals surface area contributed by atoms with Crippen LogP contribution >= 0.6 is 11.8 Å². The molecule has 0 unspecified atom stereocenters. The Bertz CT molecular complexity index is 719. The Hall–Kier alpha value is -2.55. The SMILES string of the molecule is CNC(=O)NC(=O)[C@@H](C)Sc1n[nH]c(COc2ccccc2C)n1. The average Bonchev–Trinajstić information content (AvgIpc) is 3.01. The first kappa shape index (κ1) is 17.8. The van der Waals surface area contributed by atoms with Gasteiger partial charge in [0.1, 0.15) is 12.4 Å². The Morgan fingerprint density at radius 3 is 2.83 bits per heavy atom. The molecule has 3 N–H and O–H groups in total. The third-order valence-corrected chi connectivity index (χ3v) is 4.05. The molecule has 1 atom stereocenters. The Balaban J connectivity index is 1.87. The van der Waals surface area contributed by atoms with Crippen LogP contribution in [0.4, 0.5) is 4.79 Å². The summed E-state index contributed by atoms with van der Waals surface area (Å²) >= 11 is 1.15. The van der Waals surface area contributed by atoms with E-state index in [-0.39, 0.29) is 6.61 Å². The number of carbonyl (C=O) groups excluding carboxylic acids is 2. The summed E-state index contributed by atoms with van der Waals surface area (Å²) in [5, 5.41) is 11.2. The molecule has 0 fully saturated rings. The van der Waals surface area contributed by atoms with E-state index in [2.05, 4.69) is 25.8 Å². The molecule has 3 amide bonds. The summed E-state index contributed by atoms with van der Waals surface area (Å²) in [7, 11) is 1.44. The van der Waals surface area contributed by atoms with Crippen LogP contribution in [-0.4, -0.2) is 39.4 Å². The maximum absolute atomic E-state index is 11.8. The average molecular weight is 349 g/mol. The van der Waals surface area contributed by atoms with E-state index in [4.69, 9.17) is 4.74 Å². The second-order valence-corrected chi connectivity index (χ2v) is 6.26. The molecule has 2 rings (SSSR count). The quantitative estimate of drug-likeness (QED) is 0.684. The molecular weight excluding hydrogens is 330 g/mol. The molecule has 8 nitrogen and oxygen atoms in total. The molecule has 0 bridgehead atoms. The van der Waals surface area contributed by atoms with Crippen LogP contribution in [0.15, 0.2) is 29.4 Å². The molecule has 128 valence electrons. The van der Waals surface area contributed by atoms with Gasteiger partial charge < -0.3 is 10.1 Å². The van der Waals surface area contributed by atoms with Crippen LogP contribution in [0.1, 0.15) is 18.3 Å². The van der Waals surface area contributed by atoms with E-state index < -0.39 is 17.2 Å². The number of amides is 3. The molecular formula is C15H19N5O3S. The summed E-state index contributed by atoms with van der Waals surface area (Å²) in [6.07, 6.45) is 0. The van der Waals surface area contributed by atoms with Crippen LogP contribution in [0.3, 0.4) is 0 Å². The Morgan fingerprint density at radius 2 is 2.12 bits per heavy atom. The van der Waals surface area contributed by atoms with Crippen molar-refractivity contribution in [3.05, 3.63) is 35.7 Å². The molecule has 0 radical (unpaired) electrons. The lowest BCUT2D eigenvalue weighted by molar-refractivity contribution is -0.119. The second kappa shape index (κ2) is 8.34. The number of hydrogen-bond acceptors (Lipinski definition) is 6. The van der Waals surface area contributed by atoms with Crippen LogP contribution in [-0.2, 0) is 11.4 Å². The van der Waals surface area contributed by atoms with Gasteiger partial charge >= 0.3 is 6.03 Å². The second-order valence-electron chi connectivity index (χ2n) is 4.95. The minimum atomic E-state index is -0.547. The zero-order valence-corrected chi connectivity index (χ0v) is 14.4. The molecule has 9 heteroatoms. The van der Waals surface area contributed by atoms with Gasteiger partial charge in [-0.25, -0.2) is 9.78 Å². The highest BCUT2D eigenvalue weighted by Crippen LogP contribution is 2.20. The van der Waals surface area contributed by atoms with Crippen LogP contribution in [0.2, 0.25) is 0 Å². The van der Waals surface area contributed by atoms with E-state index in [0.29, 0.717) is 11.0 Å². The van der Waals surface area contributed by atoms with Gasteiger partial charge in [0.25, 0.3) is 0 Å². The molecule has 1 aromatic heterocycles. The van der Waals surface area contributed by atoms with Crippen LogP contribution in [0, 0.1) is 6.92 Å². The van der Waals surface area contributed by atoms with E-state index >= 15 is 0 Å². The van der Waals surface area contributed by atoms with Gasteiger partial charge in [0.15, 0.2) is 5.82 Å². The summed E-state index contributed by atoms with van der Waals surface area (Å²) in [5.74, 6) is 0.919. The first-order valence-electron chi connectivity index (χ1n) is 7.28. The van der Waals surface area contributed by atoms with E-state index in [1.807, 2.05) is 31.2 Å². The van der Waals surface area contributed by atoms with Crippen LogP contribution < -0.4 is 15.4 Å². The number of para-hydroxylation sites is 1. The number of urea groups is 1. The third kappa shape index (κ3) is 4.98. The number of ether oxygens (including phenoxy) is 1. The van der Waals surface area contributed by atoms with E-state index in [1.165, 1.54) is 7.05 Å². The number of aromatic amines is 1. The number of aryl methyl sites for hydroxylation is 1. The first-order valence-corrected chi connectivity index (χ1v) is 8.16. The number of aromatic nitrogens is 3. The maximum atomic E-state index is 11.8. The monoisotopic (exact) mass is 349 g/mol.